The van der Waals surface area contributed by atoms with Crippen LogP contribution in [0.15, 0.2) is 22.7 Å². The molecule has 1 unspecified atom stereocenters. The lowest BCUT2D eigenvalue weighted by Gasteiger charge is -2.34. The number of fused-ring (bicyclic) bond motifs is 1. The summed E-state index contributed by atoms with van der Waals surface area (Å²) in [5.74, 6) is 0.414. The molecule has 7 nitrogen and oxygen atoms in total. The molecule has 2 aromatic rings. The Morgan fingerprint density at radius 3 is 2.81 bits per heavy atom. The second-order valence-electron chi connectivity index (χ2n) is 8.06. The topological polar surface area (TPSA) is 74.0 Å². The molecule has 1 saturated heterocycles. The molecule has 1 aliphatic heterocycles. The van der Waals surface area contributed by atoms with Gasteiger partial charge in [0.05, 0.1) is 18.0 Å². The molecule has 1 aromatic carbocycles. The van der Waals surface area contributed by atoms with E-state index in [2.05, 4.69) is 5.16 Å². The summed E-state index contributed by atoms with van der Waals surface area (Å²) in [4.78, 5) is 14.2. The van der Waals surface area contributed by atoms with Crippen LogP contribution in [0.5, 0.6) is 5.88 Å². The van der Waals surface area contributed by atoms with Gasteiger partial charge in [0.2, 0.25) is 0 Å². The molecule has 0 saturated carbocycles. The minimum atomic E-state index is -0.765. The first-order chi connectivity index (χ1) is 12.1. The Morgan fingerprint density at radius 1 is 1.38 bits per heavy atom. The van der Waals surface area contributed by atoms with Crippen molar-refractivity contribution in [2.45, 2.75) is 58.9 Å². The van der Waals surface area contributed by atoms with Crippen LogP contribution in [0.1, 0.15) is 40.2 Å². The molecule has 0 bridgehead atoms. The standard InChI is InChI=1S/C19H26N2O5/c1-12-7-8-15-14(9-12)16(20-26-15)23-10-13-11-24-19(5,6)21(13)17(22)25-18(2,3)4/h7-9,13H,10-11H2,1-6H3. The van der Waals surface area contributed by atoms with Crippen LogP contribution in [0.3, 0.4) is 0 Å². The third-order valence-corrected chi connectivity index (χ3v) is 4.17. The fourth-order valence-electron chi connectivity index (χ4n) is 3.00. The zero-order chi connectivity index (χ0) is 19.1. The van der Waals surface area contributed by atoms with Crippen molar-refractivity contribution in [2.75, 3.05) is 13.2 Å². The number of benzene rings is 1. The van der Waals surface area contributed by atoms with Gasteiger partial charge in [-0.25, -0.2) is 4.79 Å². The molecule has 1 atom stereocenters. The minimum Gasteiger partial charge on any atom is -0.473 e. The number of aromatic nitrogens is 1. The Hall–Kier alpha value is -2.28. The number of amides is 1. The van der Waals surface area contributed by atoms with E-state index in [-0.39, 0.29) is 12.6 Å². The molecule has 1 aromatic heterocycles. The van der Waals surface area contributed by atoms with Gasteiger partial charge in [0.1, 0.15) is 17.9 Å². The summed E-state index contributed by atoms with van der Waals surface area (Å²) in [7, 11) is 0. The van der Waals surface area contributed by atoms with Crippen molar-refractivity contribution in [1.29, 1.82) is 0 Å². The predicted molar refractivity (Wildman–Crippen MR) is 96.1 cm³/mol. The van der Waals surface area contributed by atoms with Crippen LogP contribution in [-0.4, -0.2) is 46.7 Å². The molecule has 142 valence electrons. The van der Waals surface area contributed by atoms with Gasteiger partial charge in [-0.1, -0.05) is 11.6 Å². The second kappa shape index (κ2) is 6.46. The molecule has 7 heteroatoms. The van der Waals surface area contributed by atoms with Crippen LogP contribution in [0.25, 0.3) is 11.0 Å². The van der Waals surface area contributed by atoms with Crippen molar-refractivity contribution < 1.29 is 23.5 Å². The third-order valence-electron chi connectivity index (χ3n) is 4.17. The zero-order valence-corrected chi connectivity index (χ0v) is 16.2. The summed E-state index contributed by atoms with van der Waals surface area (Å²) in [6.45, 7) is 11.8. The molecule has 0 N–H and O–H groups in total. The summed E-state index contributed by atoms with van der Waals surface area (Å²) < 4.78 is 22.5. The van der Waals surface area contributed by atoms with E-state index in [9.17, 15) is 4.79 Å². The van der Waals surface area contributed by atoms with Crippen LogP contribution in [0, 0.1) is 6.92 Å². The first-order valence-corrected chi connectivity index (χ1v) is 8.72. The van der Waals surface area contributed by atoms with Gasteiger partial charge in [-0.15, -0.1) is 0 Å². The lowest BCUT2D eigenvalue weighted by atomic mass is 10.2. The molecule has 0 spiro atoms. The minimum absolute atomic E-state index is 0.234. The van der Waals surface area contributed by atoms with Crippen LogP contribution in [-0.2, 0) is 9.47 Å². The van der Waals surface area contributed by atoms with Gasteiger partial charge in [0.15, 0.2) is 5.58 Å². The average molecular weight is 362 g/mol. The van der Waals surface area contributed by atoms with Gasteiger partial charge < -0.3 is 18.7 Å². The summed E-state index contributed by atoms with van der Waals surface area (Å²) >= 11 is 0. The van der Waals surface area contributed by atoms with Crippen LogP contribution in [0.2, 0.25) is 0 Å². The van der Waals surface area contributed by atoms with Crippen LogP contribution < -0.4 is 4.74 Å². The summed E-state index contributed by atoms with van der Waals surface area (Å²) in [5.41, 5.74) is 0.406. The van der Waals surface area contributed by atoms with Crippen molar-refractivity contribution in [3.63, 3.8) is 0 Å². The zero-order valence-electron chi connectivity index (χ0n) is 16.2. The number of nitrogens with zero attached hydrogens (tertiary/aromatic N) is 2. The first kappa shape index (κ1) is 18.5. The molecule has 1 amide bonds. The van der Waals surface area contributed by atoms with Crippen LogP contribution in [0.4, 0.5) is 4.79 Å². The summed E-state index contributed by atoms with van der Waals surface area (Å²) in [6, 6.07) is 5.49. The van der Waals surface area contributed by atoms with Crippen molar-refractivity contribution in [3.8, 4) is 5.88 Å². The van der Waals surface area contributed by atoms with E-state index in [0.717, 1.165) is 10.9 Å². The molecule has 1 aliphatic rings. The summed E-state index contributed by atoms with van der Waals surface area (Å²) in [6.07, 6.45) is -0.422. The monoisotopic (exact) mass is 362 g/mol. The predicted octanol–water partition coefficient (Wildman–Crippen LogP) is 3.89. The Labute approximate surface area is 153 Å². The molecule has 2 heterocycles. The molecular weight excluding hydrogens is 336 g/mol. The normalized spacial score (nSPS) is 19.8. The van der Waals surface area contributed by atoms with Crippen molar-refractivity contribution in [1.82, 2.24) is 10.1 Å². The molecule has 26 heavy (non-hydrogen) atoms. The molecule has 0 aliphatic carbocycles. The van der Waals surface area contributed by atoms with Crippen molar-refractivity contribution in [3.05, 3.63) is 23.8 Å². The molecule has 0 radical (unpaired) electrons. The Kier molecular flexibility index (Phi) is 4.60. The largest absolute Gasteiger partial charge is 0.473 e. The smallest absolute Gasteiger partial charge is 0.413 e. The molecule has 1 fully saturated rings. The highest BCUT2D eigenvalue weighted by Gasteiger charge is 2.46. The number of ether oxygens (including phenoxy) is 3. The number of carbonyl (C=O) groups is 1. The second-order valence-corrected chi connectivity index (χ2v) is 8.06. The molecular formula is C19H26N2O5. The van der Waals surface area contributed by atoms with Gasteiger partial charge in [-0.05, 0) is 58.8 Å². The lowest BCUT2D eigenvalue weighted by molar-refractivity contribution is -0.0637. The highest BCUT2D eigenvalue weighted by molar-refractivity contribution is 5.82. The Morgan fingerprint density at radius 2 is 2.12 bits per heavy atom. The quantitative estimate of drug-likeness (QED) is 0.825. The fraction of sp³-hybridized carbons (Fsp3) is 0.579. The van der Waals surface area contributed by atoms with E-state index < -0.39 is 17.4 Å². The Bertz CT molecular complexity index is 806. The molecule has 3 rings (SSSR count). The maximum atomic E-state index is 12.6. The van der Waals surface area contributed by atoms with Gasteiger partial charge in [0, 0.05) is 0 Å². The van der Waals surface area contributed by atoms with Gasteiger partial charge in [-0.2, -0.15) is 0 Å². The van der Waals surface area contributed by atoms with Crippen LogP contribution >= 0.6 is 0 Å². The Balaban J connectivity index is 1.75. The SMILES string of the molecule is Cc1ccc2onc(OCC3COC(C)(C)N3C(=O)OC(C)(C)C)c2c1. The highest BCUT2D eigenvalue weighted by Crippen LogP contribution is 2.31. The summed E-state index contributed by atoms with van der Waals surface area (Å²) in [5, 5.41) is 4.80. The number of hydrogen-bond donors (Lipinski definition) is 0. The number of rotatable bonds is 3. The van der Waals surface area contributed by atoms with Crippen molar-refractivity contribution in [2.24, 2.45) is 0 Å². The van der Waals surface area contributed by atoms with Gasteiger partial charge in [-0.3, -0.25) is 4.90 Å². The van der Waals surface area contributed by atoms with E-state index in [4.69, 9.17) is 18.7 Å². The maximum absolute atomic E-state index is 12.6. The van der Waals surface area contributed by atoms with Gasteiger partial charge >= 0.3 is 6.09 Å². The fourth-order valence-corrected chi connectivity index (χ4v) is 3.00. The average Bonchev–Trinajstić information content (AvgIpc) is 3.03. The van der Waals surface area contributed by atoms with Gasteiger partial charge in [0.25, 0.3) is 5.88 Å². The number of carbonyl (C=O) groups excluding carboxylic acids is 1. The van der Waals surface area contributed by atoms with E-state index in [0.29, 0.717) is 18.1 Å². The first-order valence-electron chi connectivity index (χ1n) is 8.72. The van der Waals surface area contributed by atoms with E-state index in [1.807, 2.05) is 59.7 Å². The van der Waals surface area contributed by atoms with E-state index >= 15 is 0 Å². The maximum Gasteiger partial charge on any atom is 0.413 e. The van der Waals surface area contributed by atoms with E-state index in [1.165, 1.54) is 0 Å². The highest BCUT2D eigenvalue weighted by atomic mass is 16.6. The number of aryl methyl sites for hydroxylation is 1. The number of hydrogen-bond acceptors (Lipinski definition) is 6. The lowest BCUT2D eigenvalue weighted by Crippen LogP contribution is -2.51. The third kappa shape index (κ3) is 3.77. The van der Waals surface area contributed by atoms with Crippen molar-refractivity contribution >= 4 is 17.1 Å². The van der Waals surface area contributed by atoms with E-state index in [1.54, 1.807) is 4.90 Å².